The Morgan fingerprint density at radius 1 is 1.00 bits per heavy atom. The molecule has 2 heterocycles. The molecular formula is C15H16N2. The lowest BCUT2D eigenvalue weighted by Crippen LogP contribution is -2.10. The van der Waals surface area contributed by atoms with Crippen LogP contribution < -0.4 is 0 Å². The Morgan fingerprint density at radius 3 is 2.59 bits per heavy atom. The maximum Gasteiger partial charge on any atom is 0.0651 e. The average Bonchev–Trinajstić information content (AvgIpc) is 2.65. The number of benzene rings is 1. The molecule has 0 aliphatic carbocycles. The van der Waals surface area contributed by atoms with Crippen molar-refractivity contribution in [1.29, 1.82) is 0 Å². The van der Waals surface area contributed by atoms with Gasteiger partial charge in [0.25, 0.3) is 0 Å². The zero-order chi connectivity index (χ0) is 12.0. The number of H-pyrrole nitrogens is 1. The van der Waals surface area contributed by atoms with Crippen molar-refractivity contribution in [3.63, 3.8) is 0 Å². The van der Waals surface area contributed by atoms with Gasteiger partial charge in [-0.25, -0.2) is 0 Å². The summed E-state index contributed by atoms with van der Waals surface area (Å²) in [6.45, 7) is 6.72. The highest BCUT2D eigenvalue weighted by Gasteiger charge is 2.15. The predicted octanol–water partition coefficient (Wildman–Crippen LogP) is 4.01. The standard InChI is InChI=1S/C15H16N2/c1-15(2,3)10-4-5-13-12(8-10)11-6-7-16-9-14(11)17-13/h4-9,17H,1-3H3. The second-order valence-corrected chi connectivity index (χ2v) is 5.56. The second kappa shape index (κ2) is 3.33. The number of hydrogen-bond donors (Lipinski definition) is 1. The van der Waals surface area contributed by atoms with Gasteiger partial charge in [-0.05, 0) is 29.2 Å². The molecule has 1 aromatic carbocycles. The summed E-state index contributed by atoms with van der Waals surface area (Å²) in [5.74, 6) is 0. The fourth-order valence-corrected chi connectivity index (χ4v) is 2.22. The molecule has 3 aromatic rings. The molecule has 0 spiro atoms. The van der Waals surface area contributed by atoms with E-state index in [9.17, 15) is 0 Å². The molecule has 3 rings (SSSR count). The van der Waals surface area contributed by atoms with Gasteiger partial charge in [0.2, 0.25) is 0 Å². The molecule has 17 heavy (non-hydrogen) atoms. The van der Waals surface area contributed by atoms with E-state index in [1.807, 2.05) is 12.4 Å². The summed E-state index contributed by atoms with van der Waals surface area (Å²) in [4.78, 5) is 7.54. The zero-order valence-electron chi connectivity index (χ0n) is 10.4. The van der Waals surface area contributed by atoms with Gasteiger partial charge in [-0.2, -0.15) is 0 Å². The molecule has 0 saturated heterocycles. The number of pyridine rings is 1. The van der Waals surface area contributed by atoms with Crippen molar-refractivity contribution in [2.24, 2.45) is 0 Å². The first-order valence-corrected chi connectivity index (χ1v) is 5.92. The lowest BCUT2D eigenvalue weighted by molar-refractivity contribution is 0.591. The third-order valence-corrected chi connectivity index (χ3v) is 3.27. The van der Waals surface area contributed by atoms with Crippen LogP contribution in [0.4, 0.5) is 0 Å². The lowest BCUT2D eigenvalue weighted by Gasteiger charge is -2.18. The van der Waals surface area contributed by atoms with Crippen molar-refractivity contribution in [3.8, 4) is 0 Å². The highest BCUT2D eigenvalue weighted by molar-refractivity contribution is 6.07. The largest absolute Gasteiger partial charge is 0.353 e. The van der Waals surface area contributed by atoms with E-state index in [2.05, 4.69) is 55.0 Å². The second-order valence-electron chi connectivity index (χ2n) is 5.56. The smallest absolute Gasteiger partial charge is 0.0651 e. The van der Waals surface area contributed by atoms with Gasteiger partial charge in [-0.1, -0.05) is 26.8 Å². The molecule has 0 atom stereocenters. The normalized spacial score (nSPS) is 12.4. The van der Waals surface area contributed by atoms with Crippen LogP contribution >= 0.6 is 0 Å². The van der Waals surface area contributed by atoms with Crippen molar-refractivity contribution >= 4 is 21.8 Å². The number of rotatable bonds is 0. The summed E-state index contributed by atoms with van der Waals surface area (Å²) >= 11 is 0. The van der Waals surface area contributed by atoms with Crippen molar-refractivity contribution < 1.29 is 0 Å². The van der Waals surface area contributed by atoms with Crippen LogP contribution in [-0.4, -0.2) is 9.97 Å². The van der Waals surface area contributed by atoms with Crippen molar-refractivity contribution in [1.82, 2.24) is 9.97 Å². The highest BCUT2D eigenvalue weighted by Crippen LogP contribution is 2.30. The van der Waals surface area contributed by atoms with Gasteiger partial charge in [0.15, 0.2) is 0 Å². The summed E-state index contributed by atoms with van der Waals surface area (Å²) in [6, 6.07) is 8.72. The molecule has 0 unspecified atom stereocenters. The lowest BCUT2D eigenvalue weighted by atomic mass is 9.86. The van der Waals surface area contributed by atoms with Crippen LogP contribution in [0.5, 0.6) is 0 Å². The van der Waals surface area contributed by atoms with Gasteiger partial charge in [-0.3, -0.25) is 4.98 Å². The number of nitrogens with one attached hydrogen (secondary N) is 1. The molecule has 86 valence electrons. The molecule has 0 aliphatic heterocycles. The molecule has 0 bridgehead atoms. The molecule has 2 aromatic heterocycles. The number of fused-ring (bicyclic) bond motifs is 3. The number of hydrogen-bond acceptors (Lipinski definition) is 1. The average molecular weight is 224 g/mol. The van der Waals surface area contributed by atoms with Crippen molar-refractivity contribution in [2.75, 3.05) is 0 Å². The topological polar surface area (TPSA) is 28.7 Å². The Kier molecular flexibility index (Phi) is 2.02. The number of aromatic nitrogens is 2. The first-order chi connectivity index (χ1) is 8.05. The fraction of sp³-hybridized carbons (Fsp3) is 0.267. The van der Waals surface area contributed by atoms with Crippen molar-refractivity contribution in [3.05, 3.63) is 42.2 Å². The molecule has 2 nitrogen and oxygen atoms in total. The molecule has 0 saturated carbocycles. The predicted molar refractivity (Wildman–Crippen MR) is 72.3 cm³/mol. The molecule has 2 heteroatoms. The van der Waals surface area contributed by atoms with Crippen LogP contribution in [0, 0.1) is 0 Å². The zero-order valence-corrected chi connectivity index (χ0v) is 10.4. The summed E-state index contributed by atoms with van der Waals surface area (Å²) in [7, 11) is 0. The summed E-state index contributed by atoms with van der Waals surface area (Å²) in [6.07, 6.45) is 3.73. The minimum atomic E-state index is 0.185. The monoisotopic (exact) mass is 224 g/mol. The van der Waals surface area contributed by atoms with E-state index in [0.29, 0.717) is 0 Å². The van der Waals surface area contributed by atoms with Crippen LogP contribution in [0.2, 0.25) is 0 Å². The number of aromatic amines is 1. The third-order valence-electron chi connectivity index (χ3n) is 3.27. The van der Waals surface area contributed by atoms with Gasteiger partial charge in [0.1, 0.15) is 0 Å². The summed E-state index contributed by atoms with van der Waals surface area (Å²) in [5.41, 5.74) is 3.84. The van der Waals surface area contributed by atoms with Gasteiger partial charge in [-0.15, -0.1) is 0 Å². The summed E-state index contributed by atoms with van der Waals surface area (Å²) in [5, 5.41) is 2.54. The Bertz CT molecular complexity index is 687. The Hall–Kier alpha value is -1.83. The maximum absolute atomic E-state index is 4.15. The van der Waals surface area contributed by atoms with Gasteiger partial charge in [0, 0.05) is 22.5 Å². The fourth-order valence-electron chi connectivity index (χ4n) is 2.22. The molecule has 0 amide bonds. The number of nitrogens with zero attached hydrogens (tertiary/aromatic N) is 1. The minimum Gasteiger partial charge on any atom is -0.353 e. The van der Waals surface area contributed by atoms with E-state index < -0.39 is 0 Å². The highest BCUT2D eigenvalue weighted by atomic mass is 14.7. The quantitative estimate of drug-likeness (QED) is 0.614. The minimum absolute atomic E-state index is 0.185. The van der Waals surface area contributed by atoms with Crippen LogP contribution in [-0.2, 0) is 5.41 Å². The molecule has 0 aliphatic rings. The maximum atomic E-state index is 4.15. The summed E-state index contributed by atoms with van der Waals surface area (Å²) < 4.78 is 0. The van der Waals surface area contributed by atoms with Gasteiger partial charge >= 0.3 is 0 Å². The van der Waals surface area contributed by atoms with E-state index >= 15 is 0 Å². The van der Waals surface area contributed by atoms with Crippen LogP contribution in [0.1, 0.15) is 26.3 Å². The van der Waals surface area contributed by atoms with Crippen molar-refractivity contribution in [2.45, 2.75) is 26.2 Å². The van der Waals surface area contributed by atoms with E-state index in [0.717, 1.165) is 5.52 Å². The van der Waals surface area contributed by atoms with Crippen LogP contribution in [0.25, 0.3) is 21.8 Å². The van der Waals surface area contributed by atoms with Gasteiger partial charge in [0.05, 0.1) is 11.7 Å². The van der Waals surface area contributed by atoms with Gasteiger partial charge < -0.3 is 4.98 Å². The van der Waals surface area contributed by atoms with Crippen LogP contribution in [0.3, 0.4) is 0 Å². The Balaban J connectivity index is 2.38. The first-order valence-electron chi connectivity index (χ1n) is 5.92. The molecular weight excluding hydrogens is 208 g/mol. The Morgan fingerprint density at radius 2 is 1.82 bits per heavy atom. The third kappa shape index (κ3) is 1.60. The van der Waals surface area contributed by atoms with E-state index in [1.54, 1.807) is 0 Å². The van der Waals surface area contributed by atoms with Crippen LogP contribution in [0.15, 0.2) is 36.7 Å². The SMILES string of the molecule is CC(C)(C)c1ccc2[nH]c3cnccc3c2c1. The molecule has 0 radical (unpaired) electrons. The molecule has 1 N–H and O–H groups in total. The van der Waals surface area contributed by atoms with E-state index in [-0.39, 0.29) is 5.41 Å². The van der Waals surface area contributed by atoms with E-state index in [4.69, 9.17) is 0 Å². The molecule has 0 fully saturated rings. The van der Waals surface area contributed by atoms with E-state index in [1.165, 1.54) is 21.9 Å². The Labute approximate surface area is 101 Å². The first kappa shape index (κ1) is 10.3.